The lowest BCUT2D eigenvalue weighted by atomic mass is 9.89. The summed E-state index contributed by atoms with van der Waals surface area (Å²) in [5.74, 6) is -0.0656. The van der Waals surface area contributed by atoms with Crippen LogP contribution in [0.2, 0.25) is 5.02 Å². The highest BCUT2D eigenvalue weighted by Crippen LogP contribution is 2.26. The van der Waals surface area contributed by atoms with Crippen molar-refractivity contribution >= 4 is 33.2 Å². The van der Waals surface area contributed by atoms with Gasteiger partial charge in [-0.2, -0.15) is 0 Å². The molecule has 5 nitrogen and oxygen atoms in total. The molecule has 2 aromatic rings. The lowest BCUT2D eigenvalue weighted by molar-refractivity contribution is -0.121. The summed E-state index contributed by atoms with van der Waals surface area (Å²) in [6.07, 6.45) is 7.38. The molecular formula is C24H31ClN2O3S. The molecule has 0 unspecified atom stereocenters. The van der Waals surface area contributed by atoms with Crippen molar-refractivity contribution in [3.05, 3.63) is 64.2 Å². The summed E-state index contributed by atoms with van der Waals surface area (Å²) < 4.78 is 25.8. The quantitative estimate of drug-likeness (QED) is 0.568. The van der Waals surface area contributed by atoms with Gasteiger partial charge >= 0.3 is 0 Å². The largest absolute Gasteiger partial charge is 0.349 e. The van der Waals surface area contributed by atoms with Crippen LogP contribution in [-0.4, -0.2) is 27.1 Å². The number of fused-ring (bicyclic) bond motifs is 1. The van der Waals surface area contributed by atoms with Crippen LogP contribution >= 0.6 is 11.6 Å². The van der Waals surface area contributed by atoms with Crippen molar-refractivity contribution in [2.75, 3.05) is 17.1 Å². The van der Waals surface area contributed by atoms with Crippen molar-refractivity contribution < 1.29 is 13.2 Å². The van der Waals surface area contributed by atoms with Gasteiger partial charge in [-0.3, -0.25) is 9.10 Å². The van der Waals surface area contributed by atoms with Crippen LogP contribution in [0.15, 0.2) is 42.5 Å². The highest BCUT2D eigenvalue weighted by Gasteiger charge is 2.19. The number of benzene rings is 2. The number of sulfonamides is 1. The van der Waals surface area contributed by atoms with E-state index >= 15 is 0 Å². The third-order valence-corrected chi connectivity index (χ3v) is 7.21. The van der Waals surface area contributed by atoms with Crippen molar-refractivity contribution in [2.24, 2.45) is 0 Å². The Morgan fingerprint density at radius 2 is 1.87 bits per heavy atom. The van der Waals surface area contributed by atoms with Gasteiger partial charge in [0.25, 0.3) is 0 Å². The summed E-state index contributed by atoms with van der Waals surface area (Å²) in [5.41, 5.74) is 4.49. The van der Waals surface area contributed by atoms with Crippen LogP contribution in [0.4, 0.5) is 5.69 Å². The molecule has 0 spiro atoms. The van der Waals surface area contributed by atoms with E-state index in [1.807, 2.05) is 0 Å². The van der Waals surface area contributed by atoms with E-state index in [0.717, 1.165) is 31.1 Å². The second kappa shape index (κ2) is 10.5. The van der Waals surface area contributed by atoms with E-state index < -0.39 is 10.0 Å². The van der Waals surface area contributed by atoms with Crippen LogP contribution in [0.1, 0.15) is 61.8 Å². The molecule has 1 amide bonds. The van der Waals surface area contributed by atoms with Crippen LogP contribution in [-0.2, 0) is 27.7 Å². The first-order valence-electron chi connectivity index (χ1n) is 10.9. The molecule has 1 N–H and O–H groups in total. The maximum absolute atomic E-state index is 12.6. The van der Waals surface area contributed by atoms with E-state index in [2.05, 4.69) is 30.4 Å². The van der Waals surface area contributed by atoms with E-state index in [9.17, 15) is 13.2 Å². The first-order chi connectivity index (χ1) is 14.8. The predicted molar refractivity (Wildman–Crippen MR) is 127 cm³/mol. The van der Waals surface area contributed by atoms with Crippen LogP contribution in [0.5, 0.6) is 0 Å². The molecule has 3 rings (SSSR count). The molecule has 0 bridgehead atoms. The molecule has 7 heteroatoms. The maximum atomic E-state index is 12.6. The van der Waals surface area contributed by atoms with Gasteiger partial charge in [-0.1, -0.05) is 42.8 Å². The number of nitrogens with zero attached hydrogens (tertiary/aromatic N) is 1. The van der Waals surface area contributed by atoms with Crippen LogP contribution in [0.25, 0.3) is 0 Å². The zero-order valence-corrected chi connectivity index (χ0v) is 19.8. The molecule has 0 aromatic heterocycles. The molecule has 0 radical (unpaired) electrons. The summed E-state index contributed by atoms with van der Waals surface area (Å²) in [7, 11) is -3.47. The minimum atomic E-state index is -3.47. The number of hydrogen-bond donors (Lipinski definition) is 1. The lowest BCUT2D eigenvalue weighted by Gasteiger charge is -2.23. The SMILES string of the molecule is CC[C@H](NC(=O)CCCN(c1cccc(Cl)c1)S(C)(=O)=O)c1ccc2c(c1)CCCC2. The predicted octanol–water partition coefficient (Wildman–Crippen LogP) is 5.03. The molecular weight excluding hydrogens is 432 g/mol. The average molecular weight is 463 g/mol. The average Bonchev–Trinajstić information content (AvgIpc) is 2.73. The number of amides is 1. The van der Waals surface area contributed by atoms with Crippen molar-refractivity contribution in [2.45, 2.75) is 57.9 Å². The Morgan fingerprint density at radius 1 is 1.13 bits per heavy atom. The number of carbonyl (C=O) groups excluding carboxylic acids is 1. The molecule has 0 aliphatic heterocycles. The van der Waals surface area contributed by atoms with E-state index in [4.69, 9.17) is 11.6 Å². The fourth-order valence-corrected chi connectivity index (χ4v) is 5.30. The molecule has 1 atom stereocenters. The Labute approximate surface area is 190 Å². The molecule has 2 aromatic carbocycles. The second-order valence-corrected chi connectivity index (χ2v) is 10.5. The number of hydrogen-bond acceptors (Lipinski definition) is 3. The molecule has 0 saturated heterocycles. The van der Waals surface area contributed by atoms with E-state index in [1.54, 1.807) is 24.3 Å². The Morgan fingerprint density at radius 3 is 2.55 bits per heavy atom. The molecule has 168 valence electrons. The van der Waals surface area contributed by atoms with Gasteiger partial charge in [0.05, 0.1) is 18.0 Å². The fraction of sp³-hybridized carbons (Fsp3) is 0.458. The maximum Gasteiger partial charge on any atom is 0.232 e. The highest BCUT2D eigenvalue weighted by molar-refractivity contribution is 7.92. The third-order valence-electron chi connectivity index (χ3n) is 5.78. The molecule has 0 fully saturated rings. The lowest BCUT2D eigenvalue weighted by Crippen LogP contribution is -2.33. The Balaban J connectivity index is 1.59. The summed E-state index contributed by atoms with van der Waals surface area (Å²) in [6, 6.07) is 13.3. The van der Waals surface area contributed by atoms with Crippen LogP contribution < -0.4 is 9.62 Å². The van der Waals surface area contributed by atoms with Crippen LogP contribution in [0, 0.1) is 0 Å². The molecule has 0 heterocycles. The number of anilines is 1. The summed E-state index contributed by atoms with van der Waals surface area (Å²) in [4.78, 5) is 12.6. The van der Waals surface area contributed by atoms with Crippen molar-refractivity contribution in [1.82, 2.24) is 5.32 Å². The van der Waals surface area contributed by atoms with Gasteiger partial charge in [-0.05, 0) is 73.4 Å². The van der Waals surface area contributed by atoms with Gasteiger partial charge in [-0.25, -0.2) is 8.42 Å². The summed E-state index contributed by atoms with van der Waals surface area (Å²) >= 11 is 6.01. The molecule has 31 heavy (non-hydrogen) atoms. The van der Waals surface area contributed by atoms with Gasteiger partial charge in [0.15, 0.2) is 0 Å². The second-order valence-electron chi connectivity index (χ2n) is 8.18. The topological polar surface area (TPSA) is 66.5 Å². The first kappa shape index (κ1) is 23.6. The number of aryl methyl sites for hydroxylation is 2. The summed E-state index contributed by atoms with van der Waals surface area (Å²) in [5, 5.41) is 3.60. The fourth-order valence-electron chi connectivity index (χ4n) is 4.16. The Kier molecular flexibility index (Phi) is 8.00. The molecule has 0 saturated carbocycles. The van der Waals surface area contributed by atoms with Crippen molar-refractivity contribution in [1.29, 1.82) is 0 Å². The number of rotatable bonds is 9. The van der Waals surface area contributed by atoms with Gasteiger partial charge in [0.2, 0.25) is 15.9 Å². The summed E-state index contributed by atoms with van der Waals surface area (Å²) in [6.45, 7) is 2.29. The van der Waals surface area contributed by atoms with Crippen molar-refractivity contribution in [3.8, 4) is 0 Å². The van der Waals surface area contributed by atoms with Crippen LogP contribution in [0.3, 0.4) is 0 Å². The zero-order valence-electron chi connectivity index (χ0n) is 18.2. The van der Waals surface area contributed by atoms with Gasteiger partial charge < -0.3 is 5.32 Å². The molecule has 1 aliphatic rings. The van der Waals surface area contributed by atoms with E-state index in [1.165, 1.54) is 28.3 Å². The van der Waals surface area contributed by atoms with Gasteiger partial charge in [-0.15, -0.1) is 0 Å². The Bertz CT molecular complexity index is 1020. The Hall–Kier alpha value is -2.05. The number of nitrogens with one attached hydrogen (secondary N) is 1. The zero-order chi connectivity index (χ0) is 22.4. The number of halogens is 1. The smallest absolute Gasteiger partial charge is 0.232 e. The highest BCUT2D eigenvalue weighted by atomic mass is 35.5. The normalized spacial score (nSPS) is 14.5. The standard InChI is InChI=1S/C24H31ClN2O3S/c1-3-23(20-14-13-18-8-4-5-9-19(18)16-20)26-24(28)12-7-15-27(31(2,29)30)22-11-6-10-21(25)17-22/h6,10-11,13-14,16-17,23H,3-5,7-9,12,15H2,1-2H3,(H,26,28)/t23-/m0/s1. The van der Waals surface area contributed by atoms with Crippen molar-refractivity contribution in [3.63, 3.8) is 0 Å². The van der Waals surface area contributed by atoms with Gasteiger partial charge in [0.1, 0.15) is 0 Å². The molecule has 1 aliphatic carbocycles. The first-order valence-corrected chi connectivity index (χ1v) is 13.1. The van der Waals surface area contributed by atoms with E-state index in [0.29, 0.717) is 17.1 Å². The number of carbonyl (C=O) groups is 1. The van der Waals surface area contributed by atoms with Gasteiger partial charge in [0, 0.05) is 18.0 Å². The monoisotopic (exact) mass is 462 g/mol. The minimum absolute atomic E-state index is 0.0290. The minimum Gasteiger partial charge on any atom is -0.349 e. The van der Waals surface area contributed by atoms with E-state index in [-0.39, 0.29) is 24.9 Å². The third kappa shape index (κ3) is 6.47.